The van der Waals surface area contributed by atoms with Crippen LogP contribution in [0.25, 0.3) is 27.5 Å². The van der Waals surface area contributed by atoms with Crippen LogP contribution in [0.3, 0.4) is 0 Å². The van der Waals surface area contributed by atoms with E-state index in [4.69, 9.17) is 0 Å². The first-order valence-electron chi connectivity index (χ1n) is 22.6. The summed E-state index contributed by atoms with van der Waals surface area (Å²) >= 11 is 1.94. The molecular formula is C57H38B3N3S. The molecule has 5 aliphatic rings. The Hall–Kier alpha value is -7.08. The maximum atomic E-state index is 2.65. The highest BCUT2D eigenvalue weighted by Crippen LogP contribution is 2.48. The van der Waals surface area contributed by atoms with Crippen LogP contribution in [-0.2, 0) is 0 Å². The molecular weight excluding hydrogens is 791 g/mol. The number of anilines is 6. The van der Waals surface area contributed by atoms with Gasteiger partial charge in [0.05, 0.1) is 5.52 Å². The van der Waals surface area contributed by atoms with Crippen molar-refractivity contribution in [1.29, 1.82) is 0 Å². The first-order chi connectivity index (χ1) is 31.5. The van der Waals surface area contributed by atoms with Crippen LogP contribution in [0.2, 0.25) is 0 Å². The smallest absolute Gasteiger partial charge is 0.252 e. The van der Waals surface area contributed by atoms with Gasteiger partial charge < -0.3 is 14.4 Å². The Labute approximate surface area is 378 Å². The van der Waals surface area contributed by atoms with Crippen LogP contribution in [0, 0.1) is 20.8 Å². The number of hydrogen-bond acceptors (Lipinski definition) is 3. The van der Waals surface area contributed by atoms with Gasteiger partial charge in [-0.1, -0.05) is 172 Å². The van der Waals surface area contributed by atoms with Gasteiger partial charge in [-0.2, -0.15) is 0 Å². The van der Waals surface area contributed by atoms with E-state index in [-0.39, 0.29) is 20.1 Å². The van der Waals surface area contributed by atoms with Crippen molar-refractivity contribution in [2.45, 2.75) is 30.6 Å². The fourth-order valence-corrected chi connectivity index (χ4v) is 14.1. The molecule has 0 N–H and O–H groups in total. The van der Waals surface area contributed by atoms with Gasteiger partial charge >= 0.3 is 0 Å². The molecule has 0 amide bonds. The second kappa shape index (κ2) is 12.6. The van der Waals surface area contributed by atoms with E-state index in [1.165, 1.54) is 137 Å². The zero-order valence-corrected chi connectivity index (χ0v) is 36.5. The van der Waals surface area contributed by atoms with E-state index in [1.54, 1.807) is 0 Å². The van der Waals surface area contributed by atoms with E-state index in [1.807, 2.05) is 11.8 Å². The zero-order chi connectivity index (χ0) is 42.1. The largest absolute Gasteiger partial charge is 0.312 e. The molecule has 64 heavy (non-hydrogen) atoms. The molecule has 7 heteroatoms. The molecule has 0 radical (unpaired) electrons. The van der Waals surface area contributed by atoms with Crippen molar-refractivity contribution in [2.75, 3.05) is 9.80 Å². The minimum Gasteiger partial charge on any atom is -0.312 e. The van der Waals surface area contributed by atoms with Crippen molar-refractivity contribution in [3.8, 4) is 5.69 Å². The van der Waals surface area contributed by atoms with Gasteiger partial charge in [0.25, 0.3) is 13.4 Å². The highest BCUT2D eigenvalue weighted by Gasteiger charge is 2.51. The van der Waals surface area contributed by atoms with Crippen LogP contribution < -0.4 is 59.0 Å². The molecule has 10 aromatic rings. The topological polar surface area (TPSA) is 11.4 Å². The minimum absolute atomic E-state index is 0.00977. The highest BCUT2D eigenvalue weighted by molar-refractivity contribution is 8.00. The lowest BCUT2D eigenvalue weighted by atomic mass is 9.28. The third-order valence-corrected chi connectivity index (χ3v) is 16.3. The Kier molecular flexibility index (Phi) is 6.94. The minimum atomic E-state index is 0.00977. The number of nitrogens with zero attached hydrogens (tertiary/aromatic N) is 3. The Balaban J connectivity index is 1.11. The fourth-order valence-electron chi connectivity index (χ4n) is 13.0. The molecule has 0 bridgehead atoms. The Morgan fingerprint density at radius 1 is 0.391 bits per heavy atom. The van der Waals surface area contributed by atoms with Crippen molar-refractivity contribution >= 4 is 137 Å². The van der Waals surface area contributed by atoms with Crippen molar-refractivity contribution in [3.63, 3.8) is 0 Å². The molecule has 3 nitrogen and oxygen atoms in total. The van der Waals surface area contributed by atoms with E-state index >= 15 is 0 Å². The number of aromatic nitrogens is 1. The van der Waals surface area contributed by atoms with Crippen molar-refractivity contribution in [2.24, 2.45) is 0 Å². The highest BCUT2D eigenvalue weighted by atomic mass is 32.2. The van der Waals surface area contributed by atoms with Crippen molar-refractivity contribution in [1.82, 2.24) is 4.57 Å². The van der Waals surface area contributed by atoms with Crippen molar-refractivity contribution in [3.05, 3.63) is 193 Å². The van der Waals surface area contributed by atoms with E-state index in [0.717, 1.165) is 0 Å². The van der Waals surface area contributed by atoms with Gasteiger partial charge in [0, 0.05) is 65.9 Å². The maximum Gasteiger partial charge on any atom is 0.252 e. The maximum absolute atomic E-state index is 2.65. The number of benzene rings is 9. The lowest BCUT2D eigenvalue weighted by Gasteiger charge is -2.49. The predicted octanol–water partition coefficient (Wildman–Crippen LogP) is 7.92. The molecule has 0 spiro atoms. The third-order valence-electron chi connectivity index (χ3n) is 15.1. The van der Waals surface area contributed by atoms with E-state index in [9.17, 15) is 0 Å². The van der Waals surface area contributed by atoms with Crippen LogP contribution in [0.4, 0.5) is 34.1 Å². The first kappa shape index (κ1) is 35.4. The van der Waals surface area contributed by atoms with E-state index in [2.05, 4.69) is 211 Å². The SMILES string of the molecule is Cc1cc(C)c(B2c3ccccc3Sc3cc4c(cc32)B2c3ccccc3N3c5ccccc5B5c6c(cc(c2c63)N4c2ccccc2)-n2c3ccccc3c3cccc5c32)c(C)c1. The first-order valence-corrected chi connectivity index (χ1v) is 23.4. The van der Waals surface area contributed by atoms with Gasteiger partial charge in [-0.05, 0) is 102 Å². The second-order valence-electron chi connectivity index (χ2n) is 18.5. The molecule has 0 aliphatic carbocycles. The molecule has 0 unspecified atom stereocenters. The summed E-state index contributed by atoms with van der Waals surface area (Å²) in [5.41, 5.74) is 27.9. The summed E-state index contributed by atoms with van der Waals surface area (Å²) in [6.45, 7) is 7.06. The normalized spacial score (nSPS) is 14.3. The molecule has 0 fully saturated rings. The second-order valence-corrected chi connectivity index (χ2v) is 19.6. The van der Waals surface area contributed by atoms with Gasteiger partial charge in [-0.15, -0.1) is 0 Å². The molecule has 5 aliphatic heterocycles. The summed E-state index contributed by atoms with van der Waals surface area (Å²) < 4.78 is 2.61. The monoisotopic (exact) mass is 829 g/mol. The average molecular weight is 829 g/mol. The summed E-state index contributed by atoms with van der Waals surface area (Å²) in [5.74, 6) is 0. The van der Waals surface area contributed by atoms with Gasteiger partial charge in [0.2, 0.25) is 6.71 Å². The lowest BCUT2D eigenvalue weighted by molar-refractivity contribution is 1.17. The summed E-state index contributed by atoms with van der Waals surface area (Å²) in [6.07, 6.45) is 0. The Morgan fingerprint density at radius 3 is 1.78 bits per heavy atom. The molecule has 15 rings (SSSR count). The van der Waals surface area contributed by atoms with Crippen LogP contribution in [-0.4, -0.2) is 24.7 Å². The van der Waals surface area contributed by atoms with Gasteiger partial charge in [0.15, 0.2) is 0 Å². The zero-order valence-electron chi connectivity index (χ0n) is 35.7. The van der Waals surface area contributed by atoms with Crippen LogP contribution >= 0.6 is 11.8 Å². The van der Waals surface area contributed by atoms with Crippen molar-refractivity contribution < 1.29 is 0 Å². The number of hydrogen-bond donors (Lipinski definition) is 0. The molecule has 9 aromatic carbocycles. The number of rotatable bonds is 2. The molecule has 0 saturated heterocycles. The molecule has 0 atom stereocenters. The molecule has 0 saturated carbocycles. The lowest BCUT2D eigenvalue weighted by Crippen LogP contribution is -2.69. The van der Waals surface area contributed by atoms with Gasteiger partial charge in [-0.25, -0.2) is 0 Å². The average Bonchev–Trinajstić information content (AvgIpc) is 3.66. The molecule has 6 heterocycles. The summed E-state index contributed by atoms with van der Waals surface area (Å²) in [4.78, 5) is 7.93. The summed E-state index contributed by atoms with van der Waals surface area (Å²) in [6, 6.07) is 67.4. The Bertz CT molecular complexity index is 3720. The van der Waals surface area contributed by atoms with E-state index in [0.29, 0.717) is 0 Å². The molecule has 296 valence electrons. The van der Waals surface area contributed by atoms with Gasteiger partial charge in [0.1, 0.15) is 0 Å². The fraction of sp³-hybridized carbons (Fsp3) is 0.0526. The van der Waals surface area contributed by atoms with Gasteiger partial charge in [-0.3, -0.25) is 0 Å². The summed E-state index contributed by atoms with van der Waals surface area (Å²) in [5, 5.41) is 2.61. The number of para-hydroxylation sites is 5. The Morgan fingerprint density at radius 2 is 1.00 bits per heavy atom. The predicted molar refractivity (Wildman–Crippen MR) is 275 cm³/mol. The number of aryl methyl sites for hydroxylation is 3. The van der Waals surface area contributed by atoms with Crippen LogP contribution in [0.15, 0.2) is 186 Å². The standard InChI is InChI=1S/C57H38B3N3S/c1-33-28-34(2)53(35(3)29-33)60-41-22-10-14-27-51(41)64-52-32-48-43(30-44(52)60)59-40-21-9-13-26-47(40)63-46-25-12-8-20-39(46)58-42-23-15-19-38-37-18-7-11-24-45(37)62(56(38)42)50-31-49(54(59)57(63)55(50)58)61(48)36-16-5-4-6-17-36/h4-32H,1-3H3. The van der Waals surface area contributed by atoms with Crippen LogP contribution in [0.1, 0.15) is 16.7 Å². The number of fused-ring (bicyclic) bond motifs is 15. The quantitative estimate of drug-likeness (QED) is 0.165. The third kappa shape index (κ3) is 4.38. The summed E-state index contributed by atoms with van der Waals surface area (Å²) in [7, 11) is 0. The van der Waals surface area contributed by atoms with E-state index < -0.39 is 0 Å². The van der Waals surface area contributed by atoms with Crippen LogP contribution in [0.5, 0.6) is 0 Å². The molecule has 1 aromatic heterocycles.